The highest BCUT2D eigenvalue weighted by molar-refractivity contribution is 5.84. The third-order valence-electron chi connectivity index (χ3n) is 10.2. The minimum Gasteiger partial charge on any atom is -0.497 e. The van der Waals surface area contributed by atoms with E-state index in [2.05, 4.69) is 17.6 Å². The van der Waals surface area contributed by atoms with Gasteiger partial charge >= 0.3 is 0 Å². The number of hydrogen-bond acceptors (Lipinski definition) is 6. The summed E-state index contributed by atoms with van der Waals surface area (Å²) in [6.45, 7) is 8.61. The minimum absolute atomic E-state index is 0.0744. The van der Waals surface area contributed by atoms with Crippen LogP contribution < -0.4 is 9.47 Å². The molecule has 6 atom stereocenters. The maximum atomic E-state index is 12.2. The molecule has 1 spiro atoms. The Kier molecular flexibility index (Phi) is 5.53. The molecule has 5 unspecified atom stereocenters. The predicted molar refractivity (Wildman–Crippen MR) is 145 cm³/mol. The van der Waals surface area contributed by atoms with Gasteiger partial charge in [-0.15, -0.1) is 6.58 Å². The Balaban J connectivity index is 1.30. The number of hydrogen-bond donors (Lipinski definition) is 1. The average Bonchev–Trinajstić information content (AvgIpc) is 3.75. The summed E-state index contributed by atoms with van der Waals surface area (Å²) in [6.07, 6.45) is 9.00. The van der Waals surface area contributed by atoms with E-state index in [-0.39, 0.29) is 11.6 Å². The molecule has 2 aliphatic carbocycles. The fourth-order valence-electron chi connectivity index (χ4n) is 8.13. The van der Waals surface area contributed by atoms with Crippen LogP contribution in [-0.2, 0) is 6.54 Å². The summed E-state index contributed by atoms with van der Waals surface area (Å²) in [5, 5.41) is 13.2. The zero-order valence-corrected chi connectivity index (χ0v) is 22.3. The van der Waals surface area contributed by atoms with Gasteiger partial charge in [-0.25, -0.2) is 4.98 Å². The predicted octanol–water partition coefficient (Wildman–Crippen LogP) is 5.10. The quantitative estimate of drug-likeness (QED) is 0.317. The number of quaternary nitrogens is 1. The van der Waals surface area contributed by atoms with Crippen LogP contribution in [0, 0.1) is 11.8 Å². The van der Waals surface area contributed by atoms with Crippen LogP contribution in [0.5, 0.6) is 11.6 Å². The van der Waals surface area contributed by atoms with E-state index < -0.39 is 6.10 Å². The lowest BCUT2D eigenvalue weighted by Gasteiger charge is -2.67. The Morgan fingerprint density at radius 3 is 2.82 bits per heavy atom. The molecule has 7 nitrogen and oxygen atoms in total. The van der Waals surface area contributed by atoms with Gasteiger partial charge in [0, 0.05) is 42.3 Å². The standard InChI is InChI=1S/C31H37N4O3/c1-4-19-17-31-11-13-35(31,18-21-14-28(38-5-2)34-30(33-21)20-6-7-20)27(16-25(19)31)29(36)23-10-12-32-26-9-8-22(37-3)15-24(23)26/h4,8-10,12,14-15,19-20,25,27,29,36H,1,5-7,11,13,16-18H2,2-3H3/q+1/t19?,25?,27?,29-,31?,35?/m0/s1. The molecule has 7 rings (SSSR count). The first-order valence-corrected chi connectivity index (χ1v) is 14.1. The molecule has 2 saturated heterocycles. The van der Waals surface area contributed by atoms with E-state index in [0.29, 0.717) is 30.2 Å². The Bertz CT molecular complexity index is 1410. The van der Waals surface area contributed by atoms with Crippen LogP contribution in [0.25, 0.3) is 10.9 Å². The van der Waals surface area contributed by atoms with Crippen molar-refractivity contribution in [2.24, 2.45) is 11.8 Å². The molecule has 3 aromatic rings. The molecule has 0 amide bonds. The van der Waals surface area contributed by atoms with Crippen LogP contribution in [0.2, 0.25) is 0 Å². The van der Waals surface area contributed by atoms with Crippen LogP contribution in [0.1, 0.15) is 68.1 Å². The van der Waals surface area contributed by atoms with Gasteiger partial charge in [-0.3, -0.25) is 4.98 Å². The summed E-state index contributed by atoms with van der Waals surface area (Å²) in [5.74, 6) is 3.91. The van der Waals surface area contributed by atoms with Crippen molar-refractivity contribution < 1.29 is 19.1 Å². The molecular weight excluding hydrogens is 476 g/mol. The molecule has 0 bridgehead atoms. The van der Waals surface area contributed by atoms with Gasteiger partial charge in [0.15, 0.2) is 0 Å². The average molecular weight is 514 g/mol. The molecule has 4 heterocycles. The molecule has 2 aromatic heterocycles. The Hall–Kier alpha value is -3.03. The smallest absolute Gasteiger partial charge is 0.217 e. The van der Waals surface area contributed by atoms with E-state index in [1.807, 2.05) is 43.5 Å². The maximum absolute atomic E-state index is 12.2. The summed E-state index contributed by atoms with van der Waals surface area (Å²) in [6, 6.07) is 10.0. The molecule has 2 aliphatic heterocycles. The van der Waals surface area contributed by atoms with Gasteiger partial charge in [0.05, 0.1) is 32.2 Å². The van der Waals surface area contributed by atoms with Crippen LogP contribution in [0.4, 0.5) is 0 Å². The van der Waals surface area contributed by atoms with Gasteiger partial charge in [0.1, 0.15) is 41.5 Å². The number of allylic oxidation sites excluding steroid dienone is 1. The minimum atomic E-state index is -0.614. The largest absolute Gasteiger partial charge is 0.497 e. The summed E-state index contributed by atoms with van der Waals surface area (Å²) < 4.78 is 12.3. The maximum Gasteiger partial charge on any atom is 0.217 e. The number of benzene rings is 1. The van der Waals surface area contributed by atoms with E-state index in [1.54, 1.807) is 7.11 Å². The second-order valence-electron chi connectivity index (χ2n) is 11.8. The van der Waals surface area contributed by atoms with Crippen LogP contribution >= 0.6 is 0 Å². The third-order valence-corrected chi connectivity index (χ3v) is 10.2. The van der Waals surface area contributed by atoms with E-state index in [9.17, 15) is 5.11 Å². The SMILES string of the molecule is C=CC1CC23CC[N+]2(Cc2cc(OCC)nc(C4CC4)n2)C([C@@H](O)c2ccnc4ccc(OC)cc24)CC13. The topological polar surface area (TPSA) is 77.4 Å². The summed E-state index contributed by atoms with van der Waals surface area (Å²) in [4.78, 5) is 14.4. The molecule has 198 valence electrons. The number of aliphatic hydroxyl groups is 1. The van der Waals surface area contributed by atoms with E-state index >= 15 is 0 Å². The lowest BCUT2D eigenvalue weighted by molar-refractivity contribution is -1.05. The third kappa shape index (κ3) is 3.37. The van der Waals surface area contributed by atoms with E-state index in [0.717, 1.165) is 77.0 Å². The van der Waals surface area contributed by atoms with Gasteiger partial charge in [-0.1, -0.05) is 6.08 Å². The number of rotatable bonds is 9. The van der Waals surface area contributed by atoms with Crippen LogP contribution in [0.3, 0.4) is 0 Å². The molecule has 38 heavy (non-hydrogen) atoms. The van der Waals surface area contributed by atoms with Crippen LogP contribution in [-0.4, -0.2) is 56.4 Å². The molecule has 0 radical (unpaired) electrons. The number of ether oxygens (including phenoxy) is 2. The molecular formula is C31H37N4O3+. The zero-order valence-electron chi connectivity index (χ0n) is 22.3. The number of pyridine rings is 1. The molecule has 4 fully saturated rings. The van der Waals surface area contributed by atoms with Crippen molar-refractivity contribution in [2.75, 3.05) is 20.3 Å². The summed E-state index contributed by atoms with van der Waals surface area (Å²) in [5.41, 5.74) is 3.06. The lowest BCUT2D eigenvalue weighted by atomic mass is 9.54. The van der Waals surface area contributed by atoms with Gasteiger partial charge in [-0.2, -0.15) is 4.98 Å². The zero-order chi connectivity index (χ0) is 26.1. The number of nitrogens with zero attached hydrogens (tertiary/aromatic N) is 4. The molecule has 1 aromatic carbocycles. The van der Waals surface area contributed by atoms with Crippen molar-refractivity contribution in [3.8, 4) is 11.6 Å². The second kappa shape index (κ2) is 8.75. The molecule has 1 N–H and O–H groups in total. The monoisotopic (exact) mass is 513 g/mol. The lowest BCUT2D eigenvalue weighted by Crippen LogP contribution is -2.79. The van der Waals surface area contributed by atoms with E-state index in [4.69, 9.17) is 19.4 Å². The Labute approximate surface area is 224 Å². The van der Waals surface area contributed by atoms with Crippen molar-refractivity contribution in [1.82, 2.24) is 15.0 Å². The Morgan fingerprint density at radius 1 is 1.24 bits per heavy atom. The molecule has 4 aliphatic rings. The molecule has 7 heteroatoms. The van der Waals surface area contributed by atoms with Crippen LogP contribution in [0.15, 0.2) is 49.2 Å². The van der Waals surface area contributed by atoms with Gasteiger partial charge in [0.2, 0.25) is 5.88 Å². The van der Waals surface area contributed by atoms with Crippen molar-refractivity contribution >= 4 is 10.9 Å². The van der Waals surface area contributed by atoms with Crippen molar-refractivity contribution in [3.05, 3.63) is 66.3 Å². The first-order valence-electron chi connectivity index (χ1n) is 14.1. The van der Waals surface area contributed by atoms with Crippen molar-refractivity contribution in [3.63, 3.8) is 0 Å². The normalized spacial score (nSPS) is 32.0. The first-order chi connectivity index (χ1) is 18.5. The Morgan fingerprint density at radius 2 is 2.11 bits per heavy atom. The first kappa shape index (κ1) is 24.0. The molecule has 2 saturated carbocycles. The fourth-order valence-corrected chi connectivity index (χ4v) is 8.13. The fraction of sp³-hybridized carbons (Fsp3) is 0.516. The van der Waals surface area contributed by atoms with Crippen molar-refractivity contribution in [1.29, 1.82) is 0 Å². The highest BCUT2D eigenvalue weighted by atomic mass is 16.5. The number of methoxy groups -OCH3 is 1. The van der Waals surface area contributed by atoms with Gasteiger partial charge in [-0.05, 0) is 55.5 Å². The number of aromatic nitrogens is 3. The summed E-state index contributed by atoms with van der Waals surface area (Å²) in [7, 11) is 1.68. The van der Waals surface area contributed by atoms with E-state index in [1.165, 1.54) is 6.42 Å². The second-order valence-corrected chi connectivity index (χ2v) is 11.8. The highest BCUT2D eigenvalue weighted by Crippen LogP contribution is 2.69. The van der Waals surface area contributed by atoms with Gasteiger partial charge < -0.3 is 19.1 Å². The highest BCUT2D eigenvalue weighted by Gasteiger charge is 2.78. The van der Waals surface area contributed by atoms with Gasteiger partial charge in [0.25, 0.3) is 0 Å². The van der Waals surface area contributed by atoms with Crippen molar-refractivity contribution in [2.45, 2.75) is 69.2 Å². The number of fused-ring (bicyclic) bond motifs is 1. The summed E-state index contributed by atoms with van der Waals surface area (Å²) >= 11 is 0. The number of aliphatic hydroxyl groups excluding tert-OH is 1.